The van der Waals surface area contributed by atoms with E-state index < -0.39 is 33.5 Å². The first-order valence-electron chi connectivity index (χ1n) is 10.3. The number of nitrogens with zero attached hydrogens (tertiary/aromatic N) is 3. The van der Waals surface area contributed by atoms with Crippen LogP contribution in [-0.2, 0) is 10.9 Å². The molecule has 0 saturated heterocycles. The Morgan fingerprint density at radius 3 is 2.63 bits per heavy atom. The van der Waals surface area contributed by atoms with Crippen LogP contribution in [0.4, 0.5) is 13.2 Å². The molecule has 1 radical (unpaired) electrons. The van der Waals surface area contributed by atoms with E-state index in [4.69, 9.17) is 9.47 Å². The van der Waals surface area contributed by atoms with Gasteiger partial charge in [-0.3, -0.25) is 0 Å². The van der Waals surface area contributed by atoms with Gasteiger partial charge in [-0.1, -0.05) is 0 Å². The van der Waals surface area contributed by atoms with Crippen molar-refractivity contribution in [2.24, 2.45) is 0 Å². The summed E-state index contributed by atoms with van der Waals surface area (Å²) in [7, 11) is 1.49. The van der Waals surface area contributed by atoms with Gasteiger partial charge in [0.1, 0.15) is 0 Å². The third kappa shape index (κ3) is 5.07. The molecule has 179 valence electrons. The van der Waals surface area contributed by atoms with Gasteiger partial charge in [-0.15, -0.1) is 0 Å². The van der Waals surface area contributed by atoms with Crippen molar-refractivity contribution in [2.75, 3.05) is 13.7 Å². The number of halogens is 3. The summed E-state index contributed by atoms with van der Waals surface area (Å²) in [5.74, 6) is -0.0632. The first-order chi connectivity index (χ1) is 16.7. The van der Waals surface area contributed by atoms with Crippen molar-refractivity contribution in [1.82, 2.24) is 14.6 Å². The number of fused-ring (bicyclic) bond motifs is 1. The summed E-state index contributed by atoms with van der Waals surface area (Å²) >= 11 is -1.15. The number of benzene rings is 2. The van der Waals surface area contributed by atoms with Crippen LogP contribution in [0.3, 0.4) is 0 Å². The maximum atomic E-state index is 13.0. The first kappa shape index (κ1) is 24.5. The molecule has 35 heavy (non-hydrogen) atoms. The molecule has 0 unspecified atom stereocenters. The molecular formula is C24H18AsF3N3O4. The molecule has 4 aromatic rings. The van der Waals surface area contributed by atoms with Crippen LogP contribution in [-0.4, -0.2) is 54.6 Å². The van der Waals surface area contributed by atoms with Crippen molar-refractivity contribution in [2.45, 2.75) is 13.1 Å². The summed E-state index contributed by atoms with van der Waals surface area (Å²) in [6.07, 6.45) is -1.65. The van der Waals surface area contributed by atoms with Crippen LogP contribution in [0, 0.1) is 0 Å². The molecule has 0 bridgehead atoms. The zero-order chi connectivity index (χ0) is 25.2. The summed E-state index contributed by atoms with van der Waals surface area (Å²) in [5, 5.41) is 4.28. The van der Waals surface area contributed by atoms with Gasteiger partial charge in [0.05, 0.1) is 0 Å². The average Bonchev–Trinajstić information content (AvgIpc) is 3.28. The predicted octanol–water partition coefficient (Wildman–Crippen LogP) is 3.77. The number of hydrogen-bond donors (Lipinski definition) is 0. The van der Waals surface area contributed by atoms with Crippen molar-refractivity contribution in [3.8, 4) is 17.0 Å². The number of ether oxygens (including phenoxy) is 2. The van der Waals surface area contributed by atoms with E-state index in [2.05, 4.69) is 10.1 Å². The van der Waals surface area contributed by atoms with E-state index in [-0.39, 0.29) is 22.3 Å². The molecule has 4 rings (SSSR count). The van der Waals surface area contributed by atoms with E-state index in [1.54, 1.807) is 31.2 Å². The second-order valence-corrected chi connectivity index (χ2v) is 9.63. The minimum atomic E-state index is -4.53. The van der Waals surface area contributed by atoms with Gasteiger partial charge >= 0.3 is 205 Å². The monoisotopic (exact) mass is 544 g/mol. The zero-order valence-corrected chi connectivity index (χ0v) is 20.4. The van der Waals surface area contributed by atoms with E-state index in [0.29, 0.717) is 27.0 Å². The van der Waals surface area contributed by atoms with E-state index in [0.717, 1.165) is 12.1 Å². The normalized spacial score (nSPS) is 11.8. The van der Waals surface area contributed by atoms with Crippen LogP contribution in [0.1, 0.15) is 33.2 Å². The standard InChI is InChI=1S/C24H18AsF3N3O4/c1-3-35-23(33)18-13-30-31-19(9-10-29-22(18)31)17-12-16(7-8-20(17)34-2)25-21(32)14-5-4-6-15(11-14)24(26,27)28/h4-13H,3H2,1-2H3. The van der Waals surface area contributed by atoms with Crippen LogP contribution in [0.2, 0.25) is 0 Å². The van der Waals surface area contributed by atoms with Crippen molar-refractivity contribution in [3.05, 3.63) is 77.6 Å². The zero-order valence-electron chi connectivity index (χ0n) is 18.5. The fraction of sp³-hybridized carbons (Fsp3) is 0.167. The molecule has 2 aromatic heterocycles. The number of alkyl halides is 3. The molecule has 0 aliphatic carbocycles. The Kier molecular flexibility index (Phi) is 6.93. The predicted molar refractivity (Wildman–Crippen MR) is 122 cm³/mol. The van der Waals surface area contributed by atoms with Gasteiger partial charge in [-0.2, -0.15) is 0 Å². The first-order valence-corrected chi connectivity index (χ1v) is 12.2. The Hall–Kier alpha value is -3.65. The molecule has 2 heterocycles. The summed E-state index contributed by atoms with van der Waals surface area (Å²) in [6.45, 7) is 1.90. The average molecular weight is 544 g/mol. The van der Waals surface area contributed by atoms with Gasteiger partial charge in [0.15, 0.2) is 0 Å². The topological polar surface area (TPSA) is 82.8 Å². The molecule has 0 N–H and O–H groups in total. The third-order valence-electron chi connectivity index (χ3n) is 5.02. The van der Waals surface area contributed by atoms with Crippen molar-refractivity contribution < 1.29 is 32.2 Å². The van der Waals surface area contributed by atoms with Crippen LogP contribution < -0.4 is 9.09 Å². The number of esters is 1. The molecule has 0 aliphatic heterocycles. The molecule has 0 fully saturated rings. The number of hydrogen-bond acceptors (Lipinski definition) is 6. The molecule has 0 aliphatic rings. The van der Waals surface area contributed by atoms with Gasteiger partial charge in [-0.25, -0.2) is 0 Å². The Labute approximate surface area is 204 Å². The summed E-state index contributed by atoms with van der Waals surface area (Å²) in [5.41, 5.74) is 0.779. The Bertz CT molecular complexity index is 1420. The van der Waals surface area contributed by atoms with Crippen molar-refractivity contribution in [3.63, 3.8) is 0 Å². The minimum absolute atomic E-state index is 0.00893. The second kappa shape index (κ2) is 9.91. The molecule has 2 aromatic carbocycles. The Balaban J connectivity index is 1.71. The van der Waals surface area contributed by atoms with Crippen molar-refractivity contribution >= 4 is 36.3 Å². The van der Waals surface area contributed by atoms with Gasteiger partial charge in [0.25, 0.3) is 0 Å². The van der Waals surface area contributed by atoms with Crippen LogP contribution in [0.5, 0.6) is 5.75 Å². The molecule has 0 spiro atoms. The van der Waals surface area contributed by atoms with E-state index in [9.17, 15) is 22.8 Å². The van der Waals surface area contributed by atoms with Crippen LogP contribution in [0.25, 0.3) is 16.9 Å². The van der Waals surface area contributed by atoms with Gasteiger partial charge in [0, 0.05) is 0 Å². The molecule has 0 saturated carbocycles. The Morgan fingerprint density at radius 1 is 1.11 bits per heavy atom. The molecule has 0 amide bonds. The van der Waals surface area contributed by atoms with Crippen molar-refractivity contribution in [1.29, 1.82) is 0 Å². The number of carbonyl (C=O) groups excluding carboxylic acids is 2. The van der Waals surface area contributed by atoms with Gasteiger partial charge in [-0.05, 0) is 0 Å². The van der Waals surface area contributed by atoms with E-state index in [1.807, 2.05) is 0 Å². The number of aromatic nitrogens is 3. The van der Waals surface area contributed by atoms with E-state index in [1.165, 1.54) is 36.2 Å². The van der Waals surface area contributed by atoms with E-state index >= 15 is 0 Å². The maximum absolute atomic E-state index is 13.0. The quantitative estimate of drug-likeness (QED) is 0.260. The fourth-order valence-corrected chi connectivity index (χ4v) is 5.20. The second-order valence-electron chi connectivity index (χ2n) is 7.22. The van der Waals surface area contributed by atoms with Gasteiger partial charge in [0.2, 0.25) is 0 Å². The number of rotatable bonds is 7. The van der Waals surface area contributed by atoms with Crippen LogP contribution in [0.15, 0.2) is 60.9 Å². The SMILES string of the molecule is CCOC(=O)c1cnn2c(-c3cc([As]C(=O)c4cccc(C(F)(F)F)c4)ccc3OC)ccnc12. The summed E-state index contributed by atoms with van der Waals surface area (Å²) in [6, 6.07) is 11.2. The molecule has 11 heteroatoms. The molecule has 7 nitrogen and oxygen atoms in total. The Morgan fingerprint density at radius 2 is 1.91 bits per heavy atom. The van der Waals surface area contributed by atoms with Crippen LogP contribution >= 0.6 is 0 Å². The fourth-order valence-electron chi connectivity index (χ4n) is 3.42. The van der Waals surface area contributed by atoms with Gasteiger partial charge < -0.3 is 0 Å². The number of methoxy groups -OCH3 is 1. The molecule has 0 atom stereocenters. The number of carbonyl (C=O) groups is 2. The summed E-state index contributed by atoms with van der Waals surface area (Å²) in [4.78, 5) is 29.3. The molecular weight excluding hydrogens is 526 g/mol. The third-order valence-corrected chi connectivity index (χ3v) is 7.12. The summed E-state index contributed by atoms with van der Waals surface area (Å²) < 4.78 is 51.4.